The van der Waals surface area contributed by atoms with Gasteiger partial charge < -0.3 is 0 Å². The fourth-order valence-corrected chi connectivity index (χ4v) is 2.18. The second-order valence-corrected chi connectivity index (χ2v) is 4.92. The third-order valence-corrected chi connectivity index (χ3v) is 3.24. The van der Waals surface area contributed by atoms with E-state index in [4.69, 9.17) is 11.6 Å². The maximum absolute atomic E-state index is 12.2. The summed E-state index contributed by atoms with van der Waals surface area (Å²) < 4.78 is 0. The summed E-state index contributed by atoms with van der Waals surface area (Å²) in [5.41, 5.74) is 2.20. The number of rotatable bonds is 4. The van der Waals surface area contributed by atoms with E-state index in [9.17, 15) is 14.9 Å². The van der Waals surface area contributed by atoms with E-state index < -0.39 is 4.92 Å². The molecule has 4 nitrogen and oxygen atoms in total. The summed E-state index contributed by atoms with van der Waals surface area (Å²) >= 11 is 5.85. The van der Waals surface area contributed by atoms with Gasteiger partial charge in [-0.05, 0) is 36.2 Å². The highest BCUT2D eigenvalue weighted by molar-refractivity contribution is 6.30. The van der Waals surface area contributed by atoms with E-state index in [0.717, 1.165) is 11.1 Å². The summed E-state index contributed by atoms with van der Waals surface area (Å²) in [5, 5.41) is 11.2. The van der Waals surface area contributed by atoms with Crippen molar-refractivity contribution in [3.05, 3.63) is 74.3 Å². The molecule has 0 unspecified atom stereocenters. The van der Waals surface area contributed by atoms with Gasteiger partial charge >= 0.3 is 0 Å². The van der Waals surface area contributed by atoms with E-state index in [2.05, 4.69) is 0 Å². The van der Waals surface area contributed by atoms with E-state index in [1.54, 1.807) is 30.3 Å². The molecule has 2 aromatic rings. The van der Waals surface area contributed by atoms with Crippen LogP contribution >= 0.6 is 11.6 Å². The van der Waals surface area contributed by atoms with Gasteiger partial charge in [-0.2, -0.15) is 0 Å². The van der Waals surface area contributed by atoms with Gasteiger partial charge in [-0.15, -0.1) is 0 Å². The minimum absolute atomic E-state index is 0.0175. The predicted molar refractivity (Wildman–Crippen MR) is 77.3 cm³/mol. The van der Waals surface area contributed by atoms with Crippen LogP contribution in [0, 0.1) is 17.0 Å². The summed E-state index contributed by atoms with van der Waals surface area (Å²) in [6.07, 6.45) is 0.209. The van der Waals surface area contributed by atoms with Crippen LogP contribution in [0.3, 0.4) is 0 Å². The molecule has 0 atom stereocenters. The molecule has 2 rings (SSSR count). The number of carbonyl (C=O) groups excluding carboxylic acids is 1. The van der Waals surface area contributed by atoms with Crippen LogP contribution in [0.5, 0.6) is 0 Å². The van der Waals surface area contributed by atoms with Crippen molar-refractivity contribution in [3.63, 3.8) is 0 Å². The first kappa shape index (κ1) is 14.2. The number of benzene rings is 2. The van der Waals surface area contributed by atoms with Gasteiger partial charge in [0.05, 0.1) is 4.92 Å². The number of nitrogens with zero attached hydrogens (tertiary/aromatic N) is 1. The quantitative estimate of drug-likeness (QED) is 0.486. The Kier molecular flexibility index (Phi) is 4.15. The zero-order valence-electron chi connectivity index (χ0n) is 10.8. The molecule has 5 heteroatoms. The van der Waals surface area contributed by atoms with Crippen LogP contribution in [0.2, 0.25) is 5.02 Å². The number of hydrogen-bond acceptors (Lipinski definition) is 3. The summed E-state index contributed by atoms with van der Waals surface area (Å²) in [6, 6.07) is 11.1. The van der Waals surface area contributed by atoms with Gasteiger partial charge in [0.1, 0.15) is 0 Å². The second-order valence-electron chi connectivity index (χ2n) is 4.48. The molecule has 0 radical (unpaired) electrons. The minimum Gasteiger partial charge on any atom is -0.294 e. The van der Waals surface area contributed by atoms with Crippen LogP contribution in [0.4, 0.5) is 5.69 Å². The topological polar surface area (TPSA) is 60.2 Å². The standard InChI is InChI=1S/C15H12ClNO3/c1-10-8-12(16)4-7-14(10)15(18)9-11-2-5-13(6-3-11)17(19)20/h2-8H,9H2,1H3. The molecular weight excluding hydrogens is 278 g/mol. The fraction of sp³-hybridized carbons (Fsp3) is 0.133. The lowest BCUT2D eigenvalue weighted by Crippen LogP contribution is -2.05. The Morgan fingerprint density at radius 3 is 2.40 bits per heavy atom. The zero-order valence-corrected chi connectivity index (χ0v) is 11.6. The van der Waals surface area contributed by atoms with Gasteiger partial charge in [-0.1, -0.05) is 23.7 Å². The molecule has 0 aliphatic heterocycles. The van der Waals surface area contributed by atoms with Crippen LogP contribution in [0.15, 0.2) is 42.5 Å². The number of aryl methyl sites for hydroxylation is 1. The second kappa shape index (κ2) is 5.84. The first-order chi connectivity index (χ1) is 9.47. The molecule has 0 fully saturated rings. The largest absolute Gasteiger partial charge is 0.294 e. The number of non-ortho nitro benzene ring substituents is 1. The highest BCUT2D eigenvalue weighted by Crippen LogP contribution is 2.18. The molecule has 20 heavy (non-hydrogen) atoms. The Balaban J connectivity index is 2.17. The summed E-state index contributed by atoms with van der Waals surface area (Å²) in [6.45, 7) is 1.83. The van der Waals surface area contributed by atoms with Crippen LogP contribution in [0.1, 0.15) is 21.5 Å². The van der Waals surface area contributed by atoms with Crippen molar-refractivity contribution in [3.8, 4) is 0 Å². The maximum atomic E-state index is 12.2. The van der Waals surface area contributed by atoms with Crippen LogP contribution < -0.4 is 0 Å². The van der Waals surface area contributed by atoms with Gasteiger partial charge in [-0.3, -0.25) is 14.9 Å². The Hall–Kier alpha value is -2.20. The molecule has 0 aliphatic rings. The molecule has 0 saturated carbocycles. The highest BCUT2D eigenvalue weighted by atomic mass is 35.5. The molecule has 0 saturated heterocycles. The molecule has 0 heterocycles. The van der Waals surface area contributed by atoms with E-state index in [1.807, 2.05) is 6.92 Å². The van der Waals surface area contributed by atoms with E-state index in [0.29, 0.717) is 10.6 Å². The highest BCUT2D eigenvalue weighted by Gasteiger charge is 2.11. The van der Waals surface area contributed by atoms with Crippen molar-refractivity contribution in [1.82, 2.24) is 0 Å². The smallest absolute Gasteiger partial charge is 0.269 e. The van der Waals surface area contributed by atoms with Crippen molar-refractivity contribution in [2.75, 3.05) is 0 Å². The van der Waals surface area contributed by atoms with Crippen molar-refractivity contribution in [1.29, 1.82) is 0 Å². The van der Waals surface area contributed by atoms with E-state index >= 15 is 0 Å². The molecular formula is C15H12ClNO3. The fourth-order valence-electron chi connectivity index (χ4n) is 1.96. The van der Waals surface area contributed by atoms with Gasteiger partial charge in [0.15, 0.2) is 5.78 Å². The number of ketones is 1. The lowest BCUT2D eigenvalue weighted by Gasteiger charge is -2.05. The zero-order chi connectivity index (χ0) is 14.7. The lowest BCUT2D eigenvalue weighted by atomic mass is 9.99. The van der Waals surface area contributed by atoms with Crippen molar-refractivity contribution >= 4 is 23.1 Å². The van der Waals surface area contributed by atoms with Crippen LogP contribution in [-0.2, 0) is 6.42 Å². The first-order valence-electron chi connectivity index (χ1n) is 6.00. The van der Waals surface area contributed by atoms with Gasteiger partial charge in [0.25, 0.3) is 5.69 Å². The summed E-state index contributed by atoms with van der Waals surface area (Å²) in [7, 11) is 0. The number of hydrogen-bond donors (Lipinski definition) is 0. The number of halogens is 1. The average Bonchev–Trinajstić information content (AvgIpc) is 2.39. The predicted octanol–water partition coefficient (Wildman–Crippen LogP) is 3.98. The summed E-state index contributed by atoms with van der Waals surface area (Å²) in [4.78, 5) is 22.3. The maximum Gasteiger partial charge on any atom is 0.269 e. The van der Waals surface area contributed by atoms with Gasteiger partial charge in [0, 0.05) is 29.1 Å². The number of nitro groups is 1. The molecule has 2 aromatic carbocycles. The van der Waals surface area contributed by atoms with Gasteiger partial charge in [0.2, 0.25) is 0 Å². The van der Waals surface area contributed by atoms with Crippen LogP contribution in [0.25, 0.3) is 0 Å². The molecule has 0 aromatic heterocycles. The number of nitro benzene ring substituents is 1. The Bertz CT molecular complexity index is 665. The van der Waals surface area contributed by atoms with Crippen LogP contribution in [-0.4, -0.2) is 10.7 Å². The minimum atomic E-state index is -0.463. The SMILES string of the molecule is Cc1cc(Cl)ccc1C(=O)Cc1ccc([N+](=O)[O-])cc1. The molecule has 0 amide bonds. The molecule has 0 bridgehead atoms. The Morgan fingerprint density at radius 2 is 1.85 bits per heavy atom. The normalized spacial score (nSPS) is 10.3. The van der Waals surface area contributed by atoms with Gasteiger partial charge in [-0.25, -0.2) is 0 Å². The van der Waals surface area contributed by atoms with E-state index in [1.165, 1.54) is 12.1 Å². The third kappa shape index (κ3) is 3.22. The third-order valence-electron chi connectivity index (χ3n) is 3.00. The summed E-state index contributed by atoms with van der Waals surface area (Å²) in [5.74, 6) is -0.0342. The van der Waals surface area contributed by atoms with Crippen molar-refractivity contribution in [2.24, 2.45) is 0 Å². The molecule has 0 N–H and O–H groups in total. The average molecular weight is 290 g/mol. The molecule has 0 spiro atoms. The monoisotopic (exact) mass is 289 g/mol. The van der Waals surface area contributed by atoms with E-state index in [-0.39, 0.29) is 17.9 Å². The Morgan fingerprint density at radius 1 is 1.20 bits per heavy atom. The molecule has 102 valence electrons. The number of carbonyl (C=O) groups is 1. The van der Waals surface area contributed by atoms with Crippen molar-refractivity contribution in [2.45, 2.75) is 13.3 Å². The van der Waals surface area contributed by atoms with Crippen molar-refractivity contribution < 1.29 is 9.72 Å². The lowest BCUT2D eigenvalue weighted by molar-refractivity contribution is -0.384. The number of Topliss-reactive ketones (excluding diaryl/α,β-unsaturated/α-hetero) is 1. The molecule has 0 aliphatic carbocycles. The first-order valence-corrected chi connectivity index (χ1v) is 6.38. The Labute approximate surface area is 121 Å².